The zero-order chi connectivity index (χ0) is 22.4. The third-order valence-electron chi connectivity index (χ3n) is 7.34. The van der Waals surface area contributed by atoms with Crippen LogP contribution in [-0.2, 0) is 32.6 Å². The summed E-state index contributed by atoms with van der Waals surface area (Å²) >= 11 is 6.95. The number of hydrogen-bond acceptors (Lipinski definition) is 2. The Hall–Kier alpha value is -1.43. The quantitative estimate of drug-likeness (QED) is 0.530. The van der Waals surface area contributed by atoms with Crippen LogP contribution < -0.4 is 0 Å². The Balaban J connectivity index is 1.78. The van der Waals surface area contributed by atoms with Crippen molar-refractivity contribution in [2.24, 2.45) is 0 Å². The average Bonchev–Trinajstić information content (AvgIpc) is 2.91. The molecule has 4 rings (SSSR count). The van der Waals surface area contributed by atoms with Crippen molar-refractivity contribution in [2.45, 2.75) is 82.9 Å². The van der Waals surface area contributed by atoms with Crippen molar-refractivity contribution in [1.29, 1.82) is 0 Å². The summed E-state index contributed by atoms with van der Waals surface area (Å²) in [7, 11) is 0. The van der Waals surface area contributed by atoms with E-state index >= 15 is 0 Å². The van der Waals surface area contributed by atoms with Crippen molar-refractivity contribution in [2.75, 3.05) is 0 Å². The zero-order valence-corrected chi connectivity index (χ0v) is 19.9. The van der Waals surface area contributed by atoms with Crippen LogP contribution in [-0.4, -0.2) is 10.1 Å². The molecular formula is C25H31ClN2O2. The predicted molar refractivity (Wildman–Crippen MR) is 118 cm³/mol. The number of nitrogens with zero attached hydrogens (tertiary/aromatic N) is 2. The molecule has 2 radical (unpaired) electrons. The summed E-state index contributed by atoms with van der Waals surface area (Å²) in [6.45, 7) is 15.7. The summed E-state index contributed by atoms with van der Waals surface area (Å²) < 4.78 is 0. The van der Waals surface area contributed by atoms with E-state index in [1.54, 1.807) is 0 Å². The van der Waals surface area contributed by atoms with Gasteiger partial charge in [-0.05, 0) is 88.8 Å². The Kier molecular flexibility index (Phi) is 4.58. The SMILES string of the molecule is CC1(C)c2ccc(C(Cl)c3ccc4c(c3)C(C)(C)N([O])C4(C)C)cc2C(C)(C)N1[O]. The number of rotatable bonds is 2. The van der Waals surface area contributed by atoms with Gasteiger partial charge in [-0.15, -0.1) is 32.1 Å². The second kappa shape index (κ2) is 6.30. The molecule has 30 heavy (non-hydrogen) atoms. The molecule has 2 aromatic rings. The van der Waals surface area contributed by atoms with E-state index < -0.39 is 22.2 Å². The first-order valence-electron chi connectivity index (χ1n) is 10.5. The molecule has 0 bridgehead atoms. The van der Waals surface area contributed by atoms with Crippen molar-refractivity contribution in [3.8, 4) is 0 Å². The number of benzene rings is 2. The lowest BCUT2D eigenvalue weighted by Gasteiger charge is -2.32. The van der Waals surface area contributed by atoms with E-state index in [1.165, 1.54) is 10.1 Å². The van der Waals surface area contributed by atoms with Gasteiger partial charge in [-0.3, -0.25) is 0 Å². The van der Waals surface area contributed by atoms with Crippen LogP contribution in [0.5, 0.6) is 0 Å². The van der Waals surface area contributed by atoms with Gasteiger partial charge < -0.3 is 0 Å². The molecule has 0 fully saturated rings. The van der Waals surface area contributed by atoms with Crippen LogP contribution >= 0.6 is 11.6 Å². The molecular weight excluding hydrogens is 396 g/mol. The van der Waals surface area contributed by atoms with E-state index in [9.17, 15) is 10.4 Å². The Labute approximate surface area is 185 Å². The largest absolute Gasteiger partial charge is 0.135 e. The van der Waals surface area contributed by atoms with E-state index in [0.29, 0.717) is 0 Å². The van der Waals surface area contributed by atoms with Crippen molar-refractivity contribution in [1.82, 2.24) is 10.1 Å². The lowest BCUT2D eigenvalue weighted by molar-refractivity contribution is -0.266. The van der Waals surface area contributed by atoms with Crippen molar-refractivity contribution >= 4 is 11.6 Å². The smallest absolute Gasteiger partial charge is 0.0835 e. The summed E-state index contributed by atoms with van der Waals surface area (Å²) in [6, 6.07) is 12.3. The molecule has 0 unspecified atom stereocenters. The molecule has 5 heteroatoms. The maximum Gasteiger partial charge on any atom is 0.0835 e. The highest BCUT2D eigenvalue weighted by Crippen LogP contribution is 2.51. The van der Waals surface area contributed by atoms with Gasteiger partial charge in [-0.1, -0.05) is 36.4 Å². The normalized spacial score (nSPS) is 23.6. The summed E-state index contributed by atoms with van der Waals surface area (Å²) in [5.41, 5.74) is 3.71. The van der Waals surface area contributed by atoms with Gasteiger partial charge >= 0.3 is 0 Å². The first kappa shape index (κ1) is 21.8. The second-order valence-corrected chi connectivity index (χ2v) is 11.2. The Morgan fingerprint density at radius 1 is 0.600 bits per heavy atom. The van der Waals surface area contributed by atoms with Crippen LogP contribution in [0.1, 0.15) is 94.1 Å². The Morgan fingerprint density at radius 3 is 1.23 bits per heavy atom. The number of halogens is 1. The minimum absolute atomic E-state index is 0.361. The van der Waals surface area contributed by atoms with E-state index in [2.05, 4.69) is 12.1 Å². The molecule has 0 N–H and O–H groups in total. The Bertz CT molecular complexity index is 944. The van der Waals surface area contributed by atoms with Crippen LogP contribution in [0.25, 0.3) is 0 Å². The van der Waals surface area contributed by atoms with E-state index in [4.69, 9.17) is 11.6 Å². The van der Waals surface area contributed by atoms with E-state index in [0.717, 1.165) is 33.4 Å². The van der Waals surface area contributed by atoms with Gasteiger partial charge in [0.1, 0.15) is 0 Å². The van der Waals surface area contributed by atoms with Crippen LogP contribution in [0.2, 0.25) is 0 Å². The molecule has 0 amide bonds. The molecule has 0 spiro atoms. The molecule has 0 aliphatic carbocycles. The van der Waals surface area contributed by atoms with Crippen molar-refractivity contribution in [3.05, 3.63) is 69.8 Å². The predicted octanol–water partition coefficient (Wildman–Crippen LogP) is 6.28. The van der Waals surface area contributed by atoms with Gasteiger partial charge in [-0.2, -0.15) is 0 Å². The maximum absolute atomic E-state index is 12.9. The van der Waals surface area contributed by atoms with Gasteiger partial charge in [-0.25, -0.2) is 0 Å². The fourth-order valence-corrected chi connectivity index (χ4v) is 5.82. The first-order chi connectivity index (χ1) is 13.6. The summed E-state index contributed by atoms with van der Waals surface area (Å²) in [4.78, 5) is 0. The van der Waals surface area contributed by atoms with Crippen LogP contribution in [0.4, 0.5) is 0 Å². The number of alkyl halides is 1. The number of fused-ring (bicyclic) bond motifs is 2. The maximum atomic E-state index is 12.9. The monoisotopic (exact) mass is 426 g/mol. The van der Waals surface area contributed by atoms with Crippen LogP contribution in [0.3, 0.4) is 0 Å². The molecule has 0 aromatic heterocycles. The lowest BCUT2D eigenvalue weighted by atomic mass is 9.86. The molecule has 2 aliphatic heterocycles. The highest BCUT2D eigenvalue weighted by atomic mass is 35.5. The lowest BCUT2D eigenvalue weighted by Crippen LogP contribution is -2.41. The van der Waals surface area contributed by atoms with Gasteiger partial charge in [0, 0.05) is 0 Å². The number of hydrogen-bond donors (Lipinski definition) is 0. The average molecular weight is 427 g/mol. The summed E-state index contributed by atoms with van der Waals surface area (Å²) in [5.74, 6) is 0. The third-order valence-corrected chi connectivity index (χ3v) is 7.84. The van der Waals surface area contributed by atoms with Crippen molar-refractivity contribution < 1.29 is 10.4 Å². The van der Waals surface area contributed by atoms with Gasteiger partial charge in [0.25, 0.3) is 0 Å². The highest BCUT2D eigenvalue weighted by Gasteiger charge is 2.51. The minimum Gasteiger partial charge on any atom is -0.135 e. The number of hydroxylamine groups is 4. The van der Waals surface area contributed by atoms with E-state index in [-0.39, 0.29) is 5.38 Å². The molecule has 160 valence electrons. The molecule has 2 aliphatic rings. The van der Waals surface area contributed by atoms with Gasteiger partial charge in [0.15, 0.2) is 0 Å². The molecule has 0 atom stereocenters. The fourth-order valence-electron chi connectivity index (χ4n) is 5.55. The Morgan fingerprint density at radius 2 is 0.900 bits per heavy atom. The molecule has 0 saturated heterocycles. The molecule has 4 nitrogen and oxygen atoms in total. The third kappa shape index (κ3) is 2.68. The first-order valence-corrected chi connectivity index (χ1v) is 11.0. The van der Waals surface area contributed by atoms with Gasteiger partial charge in [0.2, 0.25) is 0 Å². The molecule has 0 saturated carbocycles. The summed E-state index contributed by atoms with van der Waals surface area (Å²) in [5, 5.41) is 27.8. The van der Waals surface area contributed by atoms with Crippen LogP contribution in [0.15, 0.2) is 36.4 Å². The van der Waals surface area contributed by atoms with E-state index in [1.807, 2.05) is 79.7 Å². The molecule has 2 heterocycles. The summed E-state index contributed by atoms with van der Waals surface area (Å²) in [6.07, 6.45) is 0. The topological polar surface area (TPSA) is 46.3 Å². The fraction of sp³-hybridized carbons (Fsp3) is 0.520. The van der Waals surface area contributed by atoms with Crippen LogP contribution in [0, 0.1) is 0 Å². The van der Waals surface area contributed by atoms with Crippen molar-refractivity contribution in [3.63, 3.8) is 0 Å². The molecule has 2 aromatic carbocycles. The standard InChI is InChI=1S/C25H31ClN2O2/c1-22(2)17-11-9-15(13-19(17)24(5,6)27(22)29)21(26)16-10-12-18-20(14-16)25(7,8)28(30)23(18,3)4/h9-14,21H,1-8H3. The second-order valence-electron chi connectivity index (χ2n) is 10.8. The van der Waals surface area contributed by atoms with Gasteiger partial charge in [0.05, 0.1) is 27.5 Å². The zero-order valence-electron chi connectivity index (χ0n) is 19.1. The highest BCUT2D eigenvalue weighted by molar-refractivity contribution is 6.22. The minimum atomic E-state index is -0.613.